The number of ether oxygens (including phenoxy) is 1. The number of terminal acetylenes is 1. The third kappa shape index (κ3) is 3.98. The van der Waals surface area contributed by atoms with Crippen molar-refractivity contribution < 1.29 is 9.53 Å². The molecule has 0 bridgehead atoms. The molecule has 1 unspecified atom stereocenters. The number of rotatable bonds is 6. The largest absolute Gasteiger partial charge is 0.370 e. The first kappa shape index (κ1) is 13.3. The molecule has 1 aliphatic rings. The Kier molecular flexibility index (Phi) is 6.18. The van der Waals surface area contributed by atoms with Crippen molar-refractivity contribution in [2.75, 3.05) is 6.61 Å². The minimum absolute atomic E-state index is 0.196. The van der Waals surface area contributed by atoms with Gasteiger partial charge in [-0.2, -0.15) is 0 Å². The Labute approximate surface area is 98.8 Å². The maximum Gasteiger partial charge on any atom is 0.162 e. The highest BCUT2D eigenvalue weighted by Crippen LogP contribution is 2.29. The van der Waals surface area contributed by atoms with Gasteiger partial charge < -0.3 is 4.74 Å². The molecule has 0 aliphatic heterocycles. The van der Waals surface area contributed by atoms with E-state index in [4.69, 9.17) is 11.2 Å². The molecule has 0 N–H and O–H groups in total. The normalized spacial score (nSPS) is 19.0. The lowest BCUT2D eigenvalue weighted by molar-refractivity contribution is -0.134. The second-order valence-electron chi connectivity index (χ2n) is 4.44. The van der Waals surface area contributed by atoms with E-state index in [0.29, 0.717) is 25.4 Å². The van der Waals surface area contributed by atoms with Crippen LogP contribution in [0.4, 0.5) is 0 Å². The van der Waals surface area contributed by atoms with E-state index in [1.807, 2.05) is 6.92 Å². The summed E-state index contributed by atoms with van der Waals surface area (Å²) in [6.07, 6.45) is 12.0. The predicted octanol–water partition coefficient (Wildman–Crippen LogP) is 2.95. The van der Waals surface area contributed by atoms with Gasteiger partial charge in [0.15, 0.2) is 5.78 Å². The van der Waals surface area contributed by atoms with E-state index >= 15 is 0 Å². The average Bonchev–Trinajstić information content (AvgIpc) is 2.34. The van der Waals surface area contributed by atoms with E-state index in [9.17, 15) is 4.79 Å². The Hall–Kier alpha value is -0.810. The van der Waals surface area contributed by atoms with Gasteiger partial charge in [0.1, 0.15) is 6.10 Å². The lowest BCUT2D eigenvalue weighted by Crippen LogP contribution is -2.33. The first-order chi connectivity index (χ1) is 7.79. The molecule has 1 fully saturated rings. The minimum atomic E-state index is -0.196. The van der Waals surface area contributed by atoms with Crippen molar-refractivity contribution >= 4 is 5.78 Å². The van der Waals surface area contributed by atoms with Gasteiger partial charge in [0.25, 0.3) is 0 Å². The van der Waals surface area contributed by atoms with Gasteiger partial charge in [-0.3, -0.25) is 4.79 Å². The lowest BCUT2D eigenvalue weighted by Gasteiger charge is -2.28. The van der Waals surface area contributed by atoms with Crippen LogP contribution in [0.25, 0.3) is 0 Å². The molecule has 90 valence electrons. The lowest BCUT2D eigenvalue weighted by atomic mass is 9.83. The zero-order valence-corrected chi connectivity index (χ0v) is 10.2. The number of Topliss-reactive ketones (excluding diaryl/α,β-unsaturated/α-hetero) is 1. The maximum absolute atomic E-state index is 12.0. The molecule has 0 heterocycles. The fraction of sp³-hybridized carbons (Fsp3) is 0.786. The molecule has 2 heteroatoms. The van der Waals surface area contributed by atoms with Crippen LogP contribution in [0.3, 0.4) is 0 Å². The molecule has 1 rings (SSSR count). The van der Waals surface area contributed by atoms with E-state index in [2.05, 4.69) is 5.92 Å². The smallest absolute Gasteiger partial charge is 0.162 e. The van der Waals surface area contributed by atoms with Crippen molar-refractivity contribution in [1.29, 1.82) is 0 Å². The summed E-state index contributed by atoms with van der Waals surface area (Å²) in [7, 11) is 0. The SMILES string of the molecule is C#CCCC(=O)C(OCC)C1CCCCC1. The van der Waals surface area contributed by atoms with Crippen molar-refractivity contribution in [1.82, 2.24) is 0 Å². The molecule has 1 atom stereocenters. The fourth-order valence-corrected chi connectivity index (χ4v) is 2.45. The highest BCUT2D eigenvalue weighted by Gasteiger charge is 2.29. The second kappa shape index (κ2) is 7.46. The van der Waals surface area contributed by atoms with E-state index in [1.165, 1.54) is 19.3 Å². The minimum Gasteiger partial charge on any atom is -0.370 e. The van der Waals surface area contributed by atoms with Crippen LogP contribution in [-0.4, -0.2) is 18.5 Å². The topological polar surface area (TPSA) is 26.3 Å². The van der Waals surface area contributed by atoms with Crippen LogP contribution < -0.4 is 0 Å². The Morgan fingerprint density at radius 2 is 2.12 bits per heavy atom. The van der Waals surface area contributed by atoms with Gasteiger partial charge in [0.05, 0.1) is 0 Å². The summed E-state index contributed by atoms with van der Waals surface area (Å²) in [5.74, 6) is 3.15. The highest BCUT2D eigenvalue weighted by molar-refractivity contribution is 5.83. The molecule has 0 saturated heterocycles. The van der Waals surface area contributed by atoms with Crippen LogP contribution in [0.2, 0.25) is 0 Å². The summed E-state index contributed by atoms with van der Waals surface area (Å²) in [4.78, 5) is 12.0. The number of ketones is 1. The average molecular weight is 222 g/mol. The quantitative estimate of drug-likeness (QED) is 0.646. The van der Waals surface area contributed by atoms with Crippen LogP contribution in [-0.2, 0) is 9.53 Å². The monoisotopic (exact) mass is 222 g/mol. The van der Waals surface area contributed by atoms with Crippen molar-refractivity contribution in [2.45, 2.75) is 58.0 Å². The number of carbonyl (C=O) groups excluding carboxylic acids is 1. The summed E-state index contributed by atoms with van der Waals surface area (Å²) in [5.41, 5.74) is 0. The molecule has 2 nitrogen and oxygen atoms in total. The Morgan fingerprint density at radius 1 is 1.44 bits per heavy atom. The summed E-state index contributed by atoms with van der Waals surface area (Å²) >= 11 is 0. The van der Waals surface area contributed by atoms with Crippen molar-refractivity contribution in [3.05, 3.63) is 0 Å². The zero-order valence-electron chi connectivity index (χ0n) is 10.2. The summed E-state index contributed by atoms with van der Waals surface area (Å²) < 4.78 is 5.62. The summed E-state index contributed by atoms with van der Waals surface area (Å²) in [6, 6.07) is 0. The summed E-state index contributed by atoms with van der Waals surface area (Å²) in [5, 5.41) is 0. The van der Waals surface area contributed by atoms with E-state index in [-0.39, 0.29) is 11.9 Å². The third-order valence-electron chi connectivity index (χ3n) is 3.26. The standard InChI is InChI=1S/C14H22O2/c1-3-5-11-13(15)14(16-4-2)12-9-7-6-8-10-12/h1,12,14H,4-11H2,2H3. The Bertz CT molecular complexity index is 246. The van der Waals surface area contributed by atoms with Gasteiger partial charge in [-0.05, 0) is 25.7 Å². The van der Waals surface area contributed by atoms with Gasteiger partial charge in [-0.1, -0.05) is 19.3 Å². The first-order valence-electron chi connectivity index (χ1n) is 6.37. The molecule has 0 aromatic rings. The van der Waals surface area contributed by atoms with Crippen LogP contribution in [0.1, 0.15) is 51.9 Å². The molecule has 1 saturated carbocycles. The van der Waals surface area contributed by atoms with Gasteiger partial charge in [0, 0.05) is 19.4 Å². The molecule has 0 aromatic carbocycles. The summed E-state index contributed by atoms with van der Waals surface area (Å²) in [6.45, 7) is 2.56. The Morgan fingerprint density at radius 3 is 2.69 bits per heavy atom. The molecular formula is C14H22O2. The molecule has 0 spiro atoms. The van der Waals surface area contributed by atoms with Crippen molar-refractivity contribution in [3.63, 3.8) is 0 Å². The van der Waals surface area contributed by atoms with Crippen LogP contribution in [0.5, 0.6) is 0 Å². The Balaban J connectivity index is 2.51. The number of hydrogen-bond donors (Lipinski definition) is 0. The molecule has 0 amide bonds. The van der Waals surface area contributed by atoms with Gasteiger partial charge in [-0.25, -0.2) is 0 Å². The van der Waals surface area contributed by atoms with E-state index in [1.54, 1.807) is 0 Å². The van der Waals surface area contributed by atoms with Crippen molar-refractivity contribution in [3.8, 4) is 12.3 Å². The van der Waals surface area contributed by atoms with Crippen molar-refractivity contribution in [2.24, 2.45) is 5.92 Å². The number of hydrogen-bond acceptors (Lipinski definition) is 2. The maximum atomic E-state index is 12.0. The third-order valence-corrected chi connectivity index (χ3v) is 3.26. The molecule has 0 radical (unpaired) electrons. The van der Waals surface area contributed by atoms with E-state index in [0.717, 1.165) is 12.8 Å². The number of carbonyl (C=O) groups is 1. The molecular weight excluding hydrogens is 200 g/mol. The van der Waals surface area contributed by atoms with Gasteiger partial charge in [0.2, 0.25) is 0 Å². The predicted molar refractivity (Wildman–Crippen MR) is 65.1 cm³/mol. The molecule has 1 aliphatic carbocycles. The van der Waals surface area contributed by atoms with Crippen LogP contribution in [0.15, 0.2) is 0 Å². The van der Waals surface area contributed by atoms with Gasteiger partial charge in [-0.15, -0.1) is 12.3 Å². The van der Waals surface area contributed by atoms with E-state index < -0.39 is 0 Å². The first-order valence-corrected chi connectivity index (χ1v) is 6.37. The van der Waals surface area contributed by atoms with Gasteiger partial charge >= 0.3 is 0 Å². The zero-order chi connectivity index (χ0) is 11.8. The van der Waals surface area contributed by atoms with Crippen LogP contribution >= 0.6 is 0 Å². The highest BCUT2D eigenvalue weighted by atomic mass is 16.5. The fourth-order valence-electron chi connectivity index (χ4n) is 2.45. The second-order valence-corrected chi connectivity index (χ2v) is 4.44. The molecule has 16 heavy (non-hydrogen) atoms. The van der Waals surface area contributed by atoms with Crippen LogP contribution in [0, 0.1) is 18.3 Å². The molecule has 0 aromatic heterocycles.